The maximum Gasteiger partial charge on any atom is 0.333 e. The molecule has 33 heavy (non-hydrogen) atoms. The van der Waals surface area contributed by atoms with Crippen LogP contribution in [0.5, 0.6) is 0 Å². The van der Waals surface area contributed by atoms with E-state index >= 15 is 0 Å². The first kappa shape index (κ1) is 17.3. The molecule has 2 aliphatic heterocycles. The fourth-order valence-corrected chi connectivity index (χ4v) is 6.14. The van der Waals surface area contributed by atoms with Gasteiger partial charge in [0, 0.05) is 33.4 Å². The van der Waals surface area contributed by atoms with E-state index in [0.29, 0.717) is 0 Å². The Kier molecular flexibility index (Phi) is 3.24. The van der Waals surface area contributed by atoms with E-state index in [1.165, 1.54) is 60.9 Å². The second kappa shape index (κ2) is 6.17. The Morgan fingerprint density at radius 1 is 0.515 bits per heavy atom. The molecule has 0 bridgehead atoms. The number of rotatable bonds is 1. The van der Waals surface area contributed by atoms with Crippen molar-refractivity contribution in [3.8, 4) is 16.8 Å². The van der Waals surface area contributed by atoms with E-state index in [0.717, 1.165) is 0 Å². The van der Waals surface area contributed by atoms with Crippen molar-refractivity contribution in [1.29, 1.82) is 0 Å². The van der Waals surface area contributed by atoms with Gasteiger partial charge in [-0.15, -0.1) is 0 Å². The summed E-state index contributed by atoms with van der Waals surface area (Å²) in [6.07, 6.45) is 0. The normalized spacial score (nSPS) is 13.3. The highest BCUT2D eigenvalue weighted by Crippen LogP contribution is 2.43. The van der Waals surface area contributed by atoms with Crippen LogP contribution in [0.2, 0.25) is 0 Å². The molecular weight excluding hydrogens is 399 g/mol. The van der Waals surface area contributed by atoms with Gasteiger partial charge in [0.2, 0.25) is 0 Å². The van der Waals surface area contributed by atoms with Gasteiger partial charge in [-0.05, 0) is 46.8 Å². The molecule has 0 radical (unpaired) electrons. The van der Waals surface area contributed by atoms with Gasteiger partial charge in [0.05, 0.1) is 11.0 Å². The number of anilines is 2. The molecule has 0 fully saturated rings. The number of nitrogens with zero attached hydrogens (tertiary/aromatic N) is 2. The highest BCUT2D eigenvalue weighted by Gasteiger charge is 2.43. The molecular formula is C30H19BN2. The number of fused-ring (bicyclic) bond motifs is 7. The fourth-order valence-electron chi connectivity index (χ4n) is 6.14. The van der Waals surface area contributed by atoms with Crippen molar-refractivity contribution in [3.63, 3.8) is 0 Å². The second-order valence-electron chi connectivity index (χ2n) is 8.96. The van der Waals surface area contributed by atoms with Crippen LogP contribution in [0.4, 0.5) is 11.4 Å². The average Bonchev–Trinajstić information content (AvgIpc) is 3.23. The maximum atomic E-state index is 2.54. The van der Waals surface area contributed by atoms with Crippen molar-refractivity contribution < 1.29 is 0 Å². The van der Waals surface area contributed by atoms with Crippen LogP contribution >= 0.6 is 0 Å². The van der Waals surface area contributed by atoms with Gasteiger partial charge in [-0.3, -0.25) is 0 Å². The molecule has 0 saturated carbocycles. The van der Waals surface area contributed by atoms with Crippen LogP contribution in [-0.4, -0.2) is 11.4 Å². The average molecular weight is 418 g/mol. The Balaban J connectivity index is 1.60. The molecule has 0 unspecified atom stereocenters. The summed E-state index contributed by atoms with van der Waals surface area (Å²) >= 11 is 0. The van der Waals surface area contributed by atoms with Gasteiger partial charge >= 0.3 is 6.85 Å². The third kappa shape index (κ3) is 2.10. The number of hydrogen-bond donors (Lipinski definition) is 0. The van der Waals surface area contributed by atoms with Crippen molar-refractivity contribution in [1.82, 2.24) is 4.57 Å². The maximum absolute atomic E-state index is 2.54. The fraction of sp³-hybridized carbons (Fsp3) is 0. The molecule has 0 spiro atoms. The van der Waals surface area contributed by atoms with Gasteiger partial charge in [0.25, 0.3) is 0 Å². The lowest BCUT2D eigenvalue weighted by molar-refractivity contribution is 1.18. The Morgan fingerprint density at radius 3 is 2.15 bits per heavy atom. The van der Waals surface area contributed by atoms with E-state index < -0.39 is 0 Å². The van der Waals surface area contributed by atoms with Crippen LogP contribution in [0.15, 0.2) is 115 Å². The van der Waals surface area contributed by atoms with E-state index in [9.17, 15) is 0 Å². The SMILES string of the molecule is c1ccc(N2B3c4c(cccc4-n4c5ccccc5c5cccc3c54)-c3ccccc32)cc1. The summed E-state index contributed by atoms with van der Waals surface area (Å²) in [6.45, 7) is 0.119. The molecule has 2 aliphatic rings. The van der Waals surface area contributed by atoms with Crippen molar-refractivity contribution in [2.24, 2.45) is 0 Å². The summed E-state index contributed by atoms with van der Waals surface area (Å²) < 4.78 is 2.49. The summed E-state index contributed by atoms with van der Waals surface area (Å²) in [7, 11) is 0. The smallest absolute Gasteiger partial charge is 0.333 e. The molecule has 0 N–H and O–H groups in total. The van der Waals surface area contributed by atoms with Gasteiger partial charge in [0.1, 0.15) is 0 Å². The quantitative estimate of drug-likeness (QED) is 0.297. The topological polar surface area (TPSA) is 8.17 Å². The largest absolute Gasteiger partial charge is 0.376 e. The standard InChI is InChI=1S/C30H19BN2/c1-2-10-20(11-3-1)33-27-18-7-5-12-21(27)23-14-9-19-28-29(23)31(33)25-16-8-15-24-22-13-4-6-17-26(22)32(28)30(24)25/h1-19H. The molecule has 3 heteroatoms. The molecule has 1 aromatic heterocycles. The van der Waals surface area contributed by atoms with E-state index in [-0.39, 0.29) is 6.85 Å². The van der Waals surface area contributed by atoms with Crippen LogP contribution in [0.3, 0.4) is 0 Å². The highest BCUT2D eigenvalue weighted by atomic mass is 15.1. The minimum atomic E-state index is 0.119. The lowest BCUT2D eigenvalue weighted by Gasteiger charge is -2.42. The van der Waals surface area contributed by atoms with Gasteiger partial charge in [-0.2, -0.15) is 0 Å². The van der Waals surface area contributed by atoms with Crippen molar-refractivity contribution in [3.05, 3.63) is 115 Å². The predicted octanol–water partition coefficient (Wildman–Crippen LogP) is 6.02. The highest BCUT2D eigenvalue weighted by molar-refractivity contribution is 6.93. The minimum absolute atomic E-state index is 0.119. The van der Waals surface area contributed by atoms with E-state index in [1.807, 2.05) is 0 Å². The van der Waals surface area contributed by atoms with E-state index in [4.69, 9.17) is 0 Å². The van der Waals surface area contributed by atoms with Crippen LogP contribution < -0.4 is 15.7 Å². The third-order valence-electron chi connectivity index (χ3n) is 7.36. The summed E-state index contributed by atoms with van der Waals surface area (Å²) in [4.78, 5) is 2.54. The molecule has 8 rings (SSSR count). The lowest BCUT2D eigenvalue weighted by atomic mass is 9.44. The monoisotopic (exact) mass is 418 g/mol. The summed E-state index contributed by atoms with van der Waals surface area (Å²) in [5, 5.41) is 2.64. The van der Waals surface area contributed by atoms with E-state index in [1.54, 1.807) is 0 Å². The van der Waals surface area contributed by atoms with Gasteiger partial charge < -0.3 is 9.38 Å². The molecule has 5 aromatic carbocycles. The van der Waals surface area contributed by atoms with Crippen LogP contribution in [0.1, 0.15) is 0 Å². The number of para-hydroxylation sites is 4. The zero-order chi connectivity index (χ0) is 21.5. The molecule has 2 nitrogen and oxygen atoms in total. The summed E-state index contributed by atoms with van der Waals surface area (Å²) in [5.41, 5.74) is 11.8. The van der Waals surface area contributed by atoms with Crippen molar-refractivity contribution in [2.45, 2.75) is 0 Å². The zero-order valence-electron chi connectivity index (χ0n) is 17.9. The molecule has 3 heterocycles. The minimum Gasteiger partial charge on any atom is -0.376 e. The first-order valence-corrected chi connectivity index (χ1v) is 11.5. The molecule has 0 atom stereocenters. The van der Waals surface area contributed by atoms with Crippen LogP contribution in [0.25, 0.3) is 38.6 Å². The van der Waals surface area contributed by atoms with Crippen LogP contribution in [-0.2, 0) is 0 Å². The Labute approximate surface area is 192 Å². The Morgan fingerprint density at radius 2 is 1.21 bits per heavy atom. The van der Waals surface area contributed by atoms with Gasteiger partial charge in [0.15, 0.2) is 0 Å². The lowest BCUT2D eigenvalue weighted by Crippen LogP contribution is -2.60. The van der Waals surface area contributed by atoms with E-state index in [2.05, 4.69) is 125 Å². The van der Waals surface area contributed by atoms with Crippen molar-refractivity contribution >= 4 is 51.0 Å². The molecule has 0 saturated heterocycles. The Hall–Kier alpha value is -4.24. The van der Waals surface area contributed by atoms with Gasteiger partial charge in [-0.1, -0.05) is 84.9 Å². The first-order valence-electron chi connectivity index (χ1n) is 11.5. The van der Waals surface area contributed by atoms with Crippen molar-refractivity contribution in [2.75, 3.05) is 4.81 Å². The number of hydrogen-bond acceptors (Lipinski definition) is 1. The molecule has 0 amide bonds. The predicted molar refractivity (Wildman–Crippen MR) is 140 cm³/mol. The third-order valence-corrected chi connectivity index (χ3v) is 7.36. The summed E-state index contributed by atoms with van der Waals surface area (Å²) in [6, 6.07) is 42.1. The zero-order valence-corrected chi connectivity index (χ0v) is 17.9. The Bertz CT molecular complexity index is 1730. The van der Waals surface area contributed by atoms with Crippen LogP contribution in [0, 0.1) is 0 Å². The second-order valence-corrected chi connectivity index (χ2v) is 8.96. The number of aromatic nitrogens is 1. The molecule has 0 aliphatic carbocycles. The number of benzene rings is 5. The molecule has 6 aromatic rings. The molecule has 152 valence electrons. The van der Waals surface area contributed by atoms with Gasteiger partial charge in [-0.25, -0.2) is 0 Å². The summed E-state index contributed by atoms with van der Waals surface area (Å²) in [5.74, 6) is 0. The first-order chi connectivity index (χ1) is 16.4.